The van der Waals surface area contributed by atoms with Crippen molar-refractivity contribution in [1.29, 1.82) is 0 Å². The number of rotatable bonds is 1. The molecular formula is C8H12O2. The second-order valence-corrected chi connectivity index (χ2v) is 2.70. The number of hydrogen-bond donors (Lipinski definition) is 1. The van der Waals surface area contributed by atoms with Crippen LogP contribution in [0.2, 0.25) is 0 Å². The van der Waals surface area contributed by atoms with Crippen molar-refractivity contribution in [2.75, 3.05) is 0 Å². The molecule has 0 heterocycles. The highest BCUT2D eigenvalue weighted by Crippen LogP contribution is 2.22. The summed E-state index contributed by atoms with van der Waals surface area (Å²) in [6.45, 7) is 0. The van der Waals surface area contributed by atoms with Crippen LogP contribution in [-0.4, -0.2) is 11.1 Å². The first-order valence-corrected chi connectivity index (χ1v) is 3.71. The highest BCUT2D eigenvalue weighted by Gasteiger charge is 2.05. The van der Waals surface area contributed by atoms with E-state index in [4.69, 9.17) is 5.11 Å². The van der Waals surface area contributed by atoms with Gasteiger partial charge >= 0.3 is 5.97 Å². The molecular weight excluding hydrogens is 128 g/mol. The lowest BCUT2D eigenvalue weighted by Crippen LogP contribution is -1.97. The van der Waals surface area contributed by atoms with Gasteiger partial charge in [0.1, 0.15) is 0 Å². The van der Waals surface area contributed by atoms with Crippen LogP contribution in [0, 0.1) is 0 Å². The maximum absolute atomic E-state index is 10.2. The van der Waals surface area contributed by atoms with E-state index in [9.17, 15) is 4.79 Å². The van der Waals surface area contributed by atoms with E-state index >= 15 is 0 Å². The summed E-state index contributed by atoms with van der Waals surface area (Å²) in [7, 11) is 0. The number of hydrogen-bond acceptors (Lipinski definition) is 1. The van der Waals surface area contributed by atoms with Crippen molar-refractivity contribution in [3.8, 4) is 0 Å². The van der Waals surface area contributed by atoms with Gasteiger partial charge in [0.05, 0.1) is 0 Å². The smallest absolute Gasteiger partial charge is 0.328 e. The van der Waals surface area contributed by atoms with Gasteiger partial charge in [-0.3, -0.25) is 0 Å². The highest BCUT2D eigenvalue weighted by molar-refractivity contribution is 5.80. The summed E-state index contributed by atoms with van der Waals surface area (Å²) in [6, 6.07) is 0. The molecule has 0 radical (unpaired) electrons. The Morgan fingerprint density at radius 3 is 2.40 bits per heavy atom. The summed E-state index contributed by atoms with van der Waals surface area (Å²) in [4.78, 5) is 10.2. The van der Waals surface area contributed by atoms with Crippen molar-refractivity contribution >= 4 is 5.97 Å². The van der Waals surface area contributed by atoms with Crippen molar-refractivity contribution in [2.24, 2.45) is 0 Å². The maximum atomic E-state index is 10.2. The number of aliphatic carboxylic acids is 1. The van der Waals surface area contributed by atoms with Gasteiger partial charge in [-0.2, -0.15) is 0 Å². The van der Waals surface area contributed by atoms with E-state index in [0.29, 0.717) is 0 Å². The first-order valence-electron chi connectivity index (χ1n) is 3.71. The number of carbonyl (C=O) groups is 1. The molecule has 0 aromatic heterocycles. The molecule has 56 valence electrons. The molecule has 1 saturated carbocycles. The molecule has 1 aliphatic rings. The van der Waals surface area contributed by atoms with Crippen LogP contribution in [0.15, 0.2) is 11.6 Å². The summed E-state index contributed by atoms with van der Waals surface area (Å²) in [5.41, 5.74) is 1.11. The van der Waals surface area contributed by atoms with Crippen molar-refractivity contribution in [2.45, 2.75) is 32.1 Å². The molecule has 1 rings (SSSR count). The van der Waals surface area contributed by atoms with E-state index in [-0.39, 0.29) is 0 Å². The van der Waals surface area contributed by atoms with Crippen LogP contribution < -0.4 is 0 Å². The molecule has 0 aliphatic heterocycles. The third-order valence-corrected chi connectivity index (χ3v) is 1.82. The normalized spacial score (nSPS) is 18.6. The zero-order valence-electron chi connectivity index (χ0n) is 5.97. The Hall–Kier alpha value is -0.790. The molecule has 0 saturated heterocycles. The van der Waals surface area contributed by atoms with E-state index in [2.05, 4.69) is 0 Å². The summed E-state index contributed by atoms with van der Waals surface area (Å²) in [5.74, 6) is -0.795. The fourth-order valence-corrected chi connectivity index (χ4v) is 1.32. The van der Waals surface area contributed by atoms with Crippen molar-refractivity contribution < 1.29 is 9.90 Å². The lowest BCUT2D eigenvalue weighted by atomic mass is 9.95. The van der Waals surface area contributed by atoms with Crippen molar-refractivity contribution in [3.05, 3.63) is 11.6 Å². The lowest BCUT2D eigenvalue weighted by molar-refractivity contribution is -0.131. The van der Waals surface area contributed by atoms with Crippen LogP contribution in [0.4, 0.5) is 0 Å². The average Bonchev–Trinajstić information content (AvgIpc) is 1.88. The van der Waals surface area contributed by atoms with E-state index in [1.54, 1.807) is 0 Å². The van der Waals surface area contributed by atoms with Gasteiger partial charge in [-0.05, 0) is 25.7 Å². The fourth-order valence-electron chi connectivity index (χ4n) is 1.32. The zero-order chi connectivity index (χ0) is 7.40. The molecule has 0 aromatic rings. The average molecular weight is 140 g/mol. The second-order valence-electron chi connectivity index (χ2n) is 2.70. The molecule has 1 fully saturated rings. The Labute approximate surface area is 60.6 Å². The fraction of sp³-hybridized carbons (Fsp3) is 0.625. The molecule has 0 aromatic carbocycles. The molecule has 1 N–H and O–H groups in total. The highest BCUT2D eigenvalue weighted by atomic mass is 16.4. The third kappa shape index (κ3) is 2.21. The largest absolute Gasteiger partial charge is 0.478 e. The standard InChI is InChI=1S/C8H12O2/c9-8(10)6-7-4-2-1-3-5-7/h6H,1-5H2,(H,9,10). The Bertz CT molecular complexity index is 151. The zero-order valence-corrected chi connectivity index (χ0v) is 5.97. The predicted molar refractivity (Wildman–Crippen MR) is 38.8 cm³/mol. The number of allylic oxidation sites excluding steroid dienone is 1. The van der Waals surface area contributed by atoms with Gasteiger partial charge in [0, 0.05) is 6.08 Å². The van der Waals surface area contributed by atoms with Crippen LogP contribution in [0.1, 0.15) is 32.1 Å². The molecule has 0 amide bonds. The molecule has 0 spiro atoms. The topological polar surface area (TPSA) is 37.3 Å². The minimum absolute atomic E-state index is 0.795. The molecule has 0 atom stereocenters. The molecule has 0 bridgehead atoms. The third-order valence-electron chi connectivity index (χ3n) is 1.82. The first-order chi connectivity index (χ1) is 4.79. The Morgan fingerprint density at radius 1 is 1.30 bits per heavy atom. The van der Waals surface area contributed by atoms with Gasteiger partial charge in [-0.1, -0.05) is 12.0 Å². The molecule has 0 unspecified atom stereocenters. The Balaban J connectivity index is 2.45. The Kier molecular flexibility index (Phi) is 2.49. The van der Waals surface area contributed by atoms with Crippen LogP contribution in [0.25, 0.3) is 0 Å². The number of carboxylic acids is 1. The minimum Gasteiger partial charge on any atom is -0.478 e. The van der Waals surface area contributed by atoms with Gasteiger partial charge in [0.25, 0.3) is 0 Å². The van der Waals surface area contributed by atoms with E-state index in [0.717, 1.165) is 18.4 Å². The van der Waals surface area contributed by atoms with Gasteiger partial charge in [-0.25, -0.2) is 4.79 Å². The minimum atomic E-state index is -0.795. The number of carboxylic acid groups (broad SMARTS) is 1. The van der Waals surface area contributed by atoms with Crippen molar-refractivity contribution in [1.82, 2.24) is 0 Å². The summed E-state index contributed by atoms with van der Waals surface area (Å²) in [6.07, 6.45) is 6.94. The van der Waals surface area contributed by atoms with Gasteiger partial charge in [0.15, 0.2) is 0 Å². The summed E-state index contributed by atoms with van der Waals surface area (Å²) >= 11 is 0. The monoisotopic (exact) mass is 140 g/mol. The lowest BCUT2D eigenvalue weighted by Gasteiger charge is -2.11. The van der Waals surface area contributed by atoms with Crippen molar-refractivity contribution in [3.63, 3.8) is 0 Å². The summed E-state index contributed by atoms with van der Waals surface area (Å²) in [5, 5.41) is 8.39. The van der Waals surface area contributed by atoms with Crippen LogP contribution in [0.3, 0.4) is 0 Å². The van der Waals surface area contributed by atoms with Gasteiger partial charge < -0.3 is 5.11 Å². The van der Waals surface area contributed by atoms with E-state index in [1.165, 1.54) is 25.3 Å². The predicted octanol–water partition coefficient (Wildman–Crippen LogP) is 1.96. The second kappa shape index (κ2) is 3.40. The molecule has 10 heavy (non-hydrogen) atoms. The molecule has 2 heteroatoms. The van der Waals surface area contributed by atoms with Crippen LogP contribution in [0.5, 0.6) is 0 Å². The van der Waals surface area contributed by atoms with E-state index in [1.807, 2.05) is 0 Å². The van der Waals surface area contributed by atoms with Crippen LogP contribution >= 0.6 is 0 Å². The van der Waals surface area contributed by atoms with Gasteiger partial charge in [-0.15, -0.1) is 0 Å². The maximum Gasteiger partial charge on any atom is 0.328 e. The molecule has 2 nitrogen and oxygen atoms in total. The Morgan fingerprint density at radius 2 is 1.90 bits per heavy atom. The van der Waals surface area contributed by atoms with E-state index < -0.39 is 5.97 Å². The molecule has 1 aliphatic carbocycles. The van der Waals surface area contributed by atoms with Gasteiger partial charge in [0.2, 0.25) is 0 Å². The summed E-state index contributed by atoms with van der Waals surface area (Å²) < 4.78 is 0. The first kappa shape index (κ1) is 7.32. The quantitative estimate of drug-likeness (QED) is 0.565. The SMILES string of the molecule is O=C(O)C=C1CCCCC1. The van der Waals surface area contributed by atoms with Crippen LogP contribution in [-0.2, 0) is 4.79 Å².